The Hall–Kier alpha value is -2.64. The fourth-order valence-electron chi connectivity index (χ4n) is 3.87. The second-order valence-electron chi connectivity index (χ2n) is 7.55. The van der Waals surface area contributed by atoms with Crippen molar-refractivity contribution in [1.82, 2.24) is 19.5 Å². The van der Waals surface area contributed by atoms with Crippen molar-refractivity contribution in [3.8, 4) is 5.75 Å². The van der Waals surface area contributed by atoms with E-state index in [4.69, 9.17) is 9.47 Å². The number of nitrogens with one attached hydrogen (secondary N) is 1. The second-order valence-corrected chi connectivity index (χ2v) is 7.55. The third kappa shape index (κ3) is 4.52. The largest absolute Gasteiger partial charge is 0.491 e. The molecule has 7 nitrogen and oxygen atoms in total. The van der Waals surface area contributed by atoms with Gasteiger partial charge in [0, 0.05) is 49.6 Å². The van der Waals surface area contributed by atoms with Crippen LogP contribution in [-0.4, -0.2) is 52.9 Å². The van der Waals surface area contributed by atoms with Gasteiger partial charge in [0.1, 0.15) is 12.4 Å². The summed E-state index contributed by atoms with van der Waals surface area (Å²) in [5.41, 5.74) is 3.87. The number of methoxy groups -OCH3 is 1. The molecule has 154 valence electrons. The number of aryl methyl sites for hydroxylation is 1. The number of hydrogen-bond acceptors (Lipinski definition) is 5. The molecule has 1 saturated heterocycles. The number of benzene rings is 1. The average molecular weight is 396 g/mol. The van der Waals surface area contributed by atoms with Crippen LogP contribution < -0.4 is 10.3 Å². The summed E-state index contributed by atoms with van der Waals surface area (Å²) in [4.78, 5) is 19.3. The lowest BCUT2D eigenvalue weighted by molar-refractivity contribution is 0.146. The van der Waals surface area contributed by atoms with Crippen molar-refractivity contribution < 1.29 is 9.47 Å². The van der Waals surface area contributed by atoms with Crippen LogP contribution in [0.4, 0.5) is 0 Å². The fourth-order valence-corrected chi connectivity index (χ4v) is 3.87. The average Bonchev–Trinajstić information content (AvgIpc) is 3.36. The highest BCUT2D eigenvalue weighted by Crippen LogP contribution is 2.28. The van der Waals surface area contributed by atoms with E-state index in [-0.39, 0.29) is 5.56 Å². The molecule has 4 rings (SSSR count). The number of hydrogen-bond donors (Lipinski definition) is 1. The van der Waals surface area contributed by atoms with Gasteiger partial charge in [-0.25, -0.2) is 9.50 Å². The van der Waals surface area contributed by atoms with Crippen molar-refractivity contribution in [3.05, 3.63) is 63.7 Å². The topological polar surface area (TPSA) is 71.9 Å². The smallest absolute Gasteiger partial charge is 0.272 e. The molecule has 3 aromatic rings. The molecule has 1 N–H and O–H groups in total. The van der Waals surface area contributed by atoms with E-state index >= 15 is 0 Å². The first kappa shape index (κ1) is 19.7. The molecule has 1 aromatic carbocycles. The zero-order valence-electron chi connectivity index (χ0n) is 17.1. The summed E-state index contributed by atoms with van der Waals surface area (Å²) in [6, 6.07) is 11.9. The zero-order chi connectivity index (χ0) is 20.2. The summed E-state index contributed by atoms with van der Waals surface area (Å²) in [6.07, 6.45) is 1.83. The van der Waals surface area contributed by atoms with Crippen LogP contribution in [-0.2, 0) is 17.7 Å². The molecule has 0 radical (unpaired) electrons. The molecule has 0 amide bonds. The first-order valence-corrected chi connectivity index (χ1v) is 10.2. The van der Waals surface area contributed by atoms with Gasteiger partial charge in [0.05, 0.1) is 6.61 Å². The first-order valence-electron chi connectivity index (χ1n) is 10.2. The highest BCUT2D eigenvalue weighted by Gasteiger charge is 2.25. The summed E-state index contributed by atoms with van der Waals surface area (Å²) in [6.45, 7) is 6.08. The maximum Gasteiger partial charge on any atom is 0.272 e. The minimum absolute atomic E-state index is 0.0410. The van der Waals surface area contributed by atoms with E-state index in [1.54, 1.807) is 17.7 Å². The normalized spacial score (nSPS) is 17.2. The van der Waals surface area contributed by atoms with Crippen molar-refractivity contribution in [2.75, 3.05) is 33.4 Å². The molecule has 0 unspecified atom stereocenters. The molecular formula is C22H28N4O3. The third-order valence-electron chi connectivity index (χ3n) is 5.48. The summed E-state index contributed by atoms with van der Waals surface area (Å²) >= 11 is 0. The van der Waals surface area contributed by atoms with Gasteiger partial charge in [-0.1, -0.05) is 19.1 Å². The highest BCUT2D eigenvalue weighted by atomic mass is 16.5. The SMILES string of the molecule is CCc1cc(=O)n2[nH]c([C@H]3CCN(Cc4ccc(OCCOC)cc4)C3)cc2n1. The zero-order valence-corrected chi connectivity index (χ0v) is 17.1. The van der Waals surface area contributed by atoms with E-state index in [2.05, 4.69) is 27.1 Å². The first-order chi connectivity index (χ1) is 14.2. The number of aromatic nitrogens is 3. The van der Waals surface area contributed by atoms with Crippen LogP contribution in [0.3, 0.4) is 0 Å². The summed E-state index contributed by atoms with van der Waals surface area (Å²) in [5, 5.41) is 3.26. The third-order valence-corrected chi connectivity index (χ3v) is 5.48. The Kier molecular flexibility index (Phi) is 5.97. The molecule has 29 heavy (non-hydrogen) atoms. The molecule has 2 aromatic heterocycles. The number of likely N-dealkylation sites (tertiary alicyclic amines) is 1. The second kappa shape index (κ2) is 8.80. The van der Waals surface area contributed by atoms with Crippen molar-refractivity contribution >= 4 is 5.65 Å². The Morgan fingerprint density at radius 2 is 2.03 bits per heavy atom. The number of nitrogens with zero attached hydrogens (tertiary/aromatic N) is 3. The van der Waals surface area contributed by atoms with Gasteiger partial charge >= 0.3 is 0 Å². The Morgan fingerprint density at radius 1 is 1.21 bits per heavy atom. The maximum atomic E-state index is 12.3. The lowest BCUT2D eigenvalue weighted by Crippen LogP contribution is -2.20. The van der Waals surface area contributed by atoms with E-state index in [9.17, 15) is 4.79 Å². The molecule has 1 aliphatic rings. The predicted octanol–water partition coefficient (Wildman–Crippen LogP) is 2.60. The standard InChI is InChI=1S/C22H28N4O3/c1-3-18-12-22(27)26-21(23-18)13-20(24-26)17-8-9-25(15-17)14-16-4-6-19(7-5-16)29-11-10-28-2/h4-7,12-13,17,24H,3,8-11,14-15H2,1-2H3/t17-/m0/s1. The Bertz CT molecular complexity index is 1010. The van der Waals surface area contributed by atoms with Crippen LogP contribution in [0.2, 0.25) is 0 Å². The quantitative estimate of drug-likeness (QED) is 0.593. The van der Waals surface area contributed by atoms with Crippen molar-refractivity contribution in [2.24, 2.45) is 0 Å². The van der Waals surface area contributed by atoms with Gasteiger partial charge in [-0.3, -0.25) is 14.8 Å². The molecule has 0 saturated carbocycles. The maximum absolute atomic E-state index is 12.3. The van der Waals surface area contributed by atoms with Crippen LogP contribution in [0.25, 0.3) is 5.65 Å². The van der Waals surface area contributed by atoms with Crippen molar-refractivity contribution in [2.45, 2.75) is 32.2 Å². The van der Waals surface area contributed by atoms with Gasteiger partial charge in [0.15, 0.2) is 5.65 Å². The van der Waals surface area contributed by atoms with E-state index in [1.165, 1.54) is 5.56 Å². The monoisotopic (exact) mass is 396 g/mol. The lowest BCUT2D eigenvalue weighted by atomic mass is 10.1. The van der Waals surface area contributed by atoms with Gasteiger partial charge in [-0.05, 0) is 37.1 Å². The summed E-state index contributed by atoms with van der Waals surface area (Å²) in [7, 11) is 1.67. The van der Waals surface area contributed by atoms with Crippen molar-refractivity contribution in [1.29, 1.82) is 0 Å². The van der Waals surface area contributed by atoms with Crippen molar-refractivity contribution in [3.63, 3.8) is 0 Å². The van der Waals surface area contributed by atoms with E-state index in [0.29, 0.717) is 24.8 Å². The van der Waals surface area contributed by atoms with E-state index in [1.807, 2.05) is 25.1 Å². The summed E-state index contributed by atoms with van der Waals surface area (Å²) < 4.78 is 12.2. The molecule has 0 spiro atoms. The Morgan fingerprint density at radius 3 is 2.79 bits per heavy atom. The molecule has 3 heterocycles. The van der Waals surface area contributed by atoms with Crippen LogP contribution in [0.5, 0.6) is 5.75 Å². The number of H-pyrrole nitrogens is 1. The minimum atomic E-state index is -0.0410. The number of rotatable bonds is 8. The van der Waals surface area contributed by atoms with Gasteiger partial charge in [-0.2, -0.15) is 0 Å². The van der Waals surface area contributed by atoms with Crippen LogP contribution in [0.15, 0.2) is 41.2 Å². The van der Waals surface area contributed by atoms with Gasteiger partial charge in [0.2, 0.25) is 0 Å². The lowest BCUT2D eigenvalue weighted by Gasteiger charge is -2.16. The number of aromatic amines is 1. The molecule has 0 bridgehead atoms. The minimum Gasteiger partial charge on any atom is -0.491 e. The van der Waals surface area contributed by atoms with Gasteiger partial charge < -0.3 is 9.47 Å². The molecule has 0 aliphatic carbocycles. The van der Waals surface area contributed by atoms with Crippen LogP contribution in [0, 0.1) is 0 Å². The van der Waals surface area contributed by atoms with E-state index in [0.717, 1.165) is 49.6 Å². The van der Waals surface area contributed by atoms with E-state index < -0.39 is 0 Å². The predicted molar refractivity (Wildman–Crippen MR) is 112 cm³/mol. The van der Waals surface area contributed by atoms with Gasteiger partial charge in [-0.15, -0.1) is 0 Å². The molecule has 1 atom stereocenters. The molecule has 1 aliphatic heterocycles. The summed E-state index contributed by atoms with van der Waals surface area (Å²) in [5.74, 6) is 1.25. The Balaban J connectivity index is 1.38. The van der Waals surface area contributed by atoms with Crippen LogP contribution in [0.1, 0.15) is 36.2 Å². The van der Waals surface area contributed by atoms with Gasteiger partial charge in [0.25, 0.3) is 5.56 Å². The number of ether oxygens (including phenoxy) is 2. The molecule has 1 fully saturated rings. The molecular weight excluding hydrogens is 368 g/mol. The Labute approximate surface area is 170 Å². The fraction of sp³-hybridized carbons (Fsp3) is 0.455. The number of fused-ring (bicyclic) bond motifs is 1. The highest BCUT2D eigenvalue weighted by molar-refractivity contribution is 5.41. The van der Waals surface area contributed by atoms with Crippen LogP contribution >= 0.6 is 0 Å². The molecule has 7 heteroatoms.